The van der Waals surface area contributed by atoms with Crippen molar-refractivity contribution in [3.05, 3.63) is 52.7 Å². The third-order valence-electron chi connectivity index (χ3n) is 3.81. The third-order valence-corrected chi connectivity index (χ3v) is 3.81. The molecule has 0 amide bonds. The molecule has 1 aromatic carbocycles. The molecule has 1 atom stereocenters. The van der Waals surface area contributed by atoms with Gasteiger partial charge in [0.15, 0.2) is 0 Å². The van der Waals surface area contributed by atoms with Gasteiger partial charge in [-0.1, -0.05) is 23.4 Å². The monoisotopic (exact) mass is 276 g/mol. The number of aliphatic hydroxyl groups excluding tert-OH is 1. The Morgan fingerprint density at radius 2 is 2.25 bits per heavy atom. The largest absolute Gasteiger partial charge is 0.390 e. The SMILES string of the molecule is OCc1noc2c1CC(NCc1ccccc1F)CC2. The van der Waals surface area contributed by atoms with E-state index < -0.39 is 0 Å². The number of benzene rings is 1. The van der Waals surface area contributed by atoms with Crippen LogP contribution in [0.5, 0.6) is 0 Å². The van der Waals surface area contributed by atoms with E-state index in [4.69, 9.17) is 4.52 Å². The van der Waals surface area contributed by atoms with E-state index in [2.05, 4.69) is 10.5 Å². The van der Waals surface area contributed by atoms with Gasteiger partial charge in [0.05, 0.1) is 6.61 Å². The summed E-state index contributed by atoms with van der Waals surface area (Å²) in [6.45, 7) is 0.408. The maximum Gasteiger partial charge on any atom is 0.140 e. The number of aliphatic hydroxyl groups is 1. The minimum atomic E-state index is -0.183. The van der Waals surface area contributed by atoms with Crippen molar-refractivity contribution in [2.45, 2.75) is 38.5 Å². The van der Waals surface area contributed by atoms with Crippen molar-refractivity contribution >= 4 is 0 Å². The number of aryl methyl sites for hydroxylation is 1. The van der Waals surface area contributed by atoms with Crippen LogP contribution >= 0.6 is 0 Å². The van der Waals surface area contributed by atoms with Gasteiger partial charge in [0.25, 0.3) is 0 Å². The molecule has 1 aromatic heterocycles. The fourth-order valence-electron chi connectivity index (χ4n) is 2.66. The molecule has 5 heteroatoms. The zero-order chi connectivity index (χ0) is 13.9. The average Bonchev–Trinajstić information content (AvgIpc) is 2.88. The number of hydrogen-bond donors (Lipinski definition) is 2. The molecule has 20 heavy (non-hydrogen) atoms. The number of nitrogens with one attached hydrogen (secondary N) is 1. The molecule has 1 aliphatic rings. The molecule has 0 aliphatic heterocycles. The van der Waals surface area contributed by atoms with Crippen molar-refractivity contribution in [3.8, 4) is 0 Å². The van der Waals surface area contributed by atoms with E-state index in [9.17, 15) is 9.50 Å². The number of fused-ring (bicyclic) bond motifs is 1. The normalized spacial score (nSPS) is 18.0. The summed E-state index contributed by atoms with van der Waals surface area (Å²) in [5.74, 6) is 0.690. The standard InChI is InChI=1S/C15H17FN2O2/c16-13-4-2-1-3-10(13)8-17-11-5-6-15-12(7-11)14(9-19)18-20-15/h1-4,11,17,19H,5-9H2. The smallest absolute Gasteiger partial charge is 0.140 e. The maximum absolute atomic E-state index is 13.6. The van der Waals surface area contributed by atoms with Crippen LogP contribution in [-0.2, 0) is 26.0 Å². The van der Waals surface area contributed by atoms with Gasteiger partial charge in [-0.05, 0) is 18.9 Å². The average molecular weight is 276 g/mol. The molecule has 1 aliphatic carbocycles. The Morgan fingerprint density at radius 3 is 3.05 bits per heavy atom. The van der Waals surface area contributed by atoms with Crippen LogP contribution in [0.4, 0.5) is 4.39 Å². The molecule has 3 rings (SSSR count). The number of halogens is 1. The Kier molecular flexibility index (Phi) is 3.80. The number of rotatable bonds is 4. The van der Waals surface area contributed by atoms with Crippen LogP contribution in [0.15, 0.2) is 28.8 Å². The maximum atomic E-state index is 13.6. The summed E-state index contributed by atoms with van der Waals surface area (Å²) in [5, 5.41) is 16.5. The van der Waals surface area contributed by atoms with E-state index in [0.717, 1.165) is 30.6 Å². The van der Waals surface area contributed by atoms with E-state index in [1.807, 2.05) is 6.07 Å². The van der Waals surface area contributed by atoms with Gasteiger partial charge in [-0.15, -0.1) is 0 Å². The predicted molar refractivity (Wildman–Crippen MR) is 71.5 cm³/mol. The molecule has 0 saturated heterocycles. The van der Waals surface area contributed by atoms with Crippen molar-refractivity contribution in [2.24, 2.45) is 0 Å². The van der Waals surface area contributed by atoms with Crippen molar-refractivity contribution < 1.29 is 14.0 Å². The highest BCUT2D eigenvalue weighted by atomic mass is 19.1. The second kappa shape index (κ2) is 5.73. The first kappa shape index (κ1) is 13.3. The molecule has 0 bridgehead atoms. The van der Waals surface area contributed by atoms with Crippen molar-refractivity contribution in [3.63, 3.8) is 0 Å². The lowest BCUT2D eigenvalue weighted by Crippen LogP contribution is -2.34. The van der Waals surface area contributed by atoms with Crippen LogP contribution in [0.2, 0.25) is 0 Å². The molecule has 0 radical (unpaired) electrons. The van der Waals surface area contributed by atoms with E-state index in [-0.39, 0.29) is 18.5 Å². The molecule has 0 saturated carbocycles. The fraction of sp³-hybridized carbons (Fsp3) is 0.400. The van der Waals surface area contributed by atoms with Gasteiger partial charge in [0.2, 0.25) is 0 Å². The topological polar surface area (TPSA) is 58.3 Å². The molecular formula is C15H17FN2O2. The van der Waals surface area contributed by atoms with E-state index in [1.165, 1.54) is 6.07 Å². The predicted octanol–water partition coefficient (Wildman–Crippen LogP) is 1.95. The van der Waals surface area contributed by atoms with Crippen molar-refractivity contribution in [1.29, 1.82) is 0 Å². The van der Waals surface area contributed by atoms with Crippen LogP contribution < -0.4 is 5.32 Å². The van der Waals surface area contributed by atoms with Gasteiger partial charge < -0.3 is 14.9 Å². The second-order valence-corrected chi connectivity index (χ2v) is 5.10. The Bertz CT molecular complexity index is 584. The van der Waals surface area contributed by atoms with Gasteiger partial charge >= 0.3 is 0 Å². The Labute approximate surface area is 116 Å². The van der Waals surface area contributed by atoms with Gasteiger partial charge in [-0.2, -0.15) is 0 Å². The summed E-state index contributed by atoms with van der Waals surface area (Å²) < 4.78 is 18.8. The molecule has 4 nitrogen and oxygen atoms in total. The number of hydrogen-bond acceptors (Lipinski definition) is 4. The molecule has 2 N–H and O–H groups in total. The number of nitrogens with zero attached hydrogens (tertiary/aromatic N) is 1. The highest BCUT2D eigenvalue weighted by Gasteiger charge is 2.25. The van der Waals surface area contributed by atoms with Crippen LogP contribution in [0.3, 0.4) is 0 Å². The van der Waals surface area contributed by atoms with Crippen molar-refractivity contribution in [2.75, 3.05) is 0 Å². The van der Waals surface area contributed by atoms with Gasteiger partial charge in [-0.25, -0.2) is 4.39 Å². The summed E-state index contributed by atoms with van der Waals surface area (Å²) in [5.41, 5.74) is 2.30. The van der Waals surface area contributed by atoms with Gasteiger partial charge in [0.1, 0.15) is 17.3 Å². The minimum Gasteiger partial charge on any atom is -0.390 e. The van der Waals surface area contributed by atoms with Crippen LogP contribution in [0, 0.1) is 5.82 Å². The molecule has 2 aromatic rings. The first-order valence-corrected chi connectivity index (χ1v) is 6.82. The highest BCUT2D eigenvalue weighted by molar-refractivity contribution is 5.26. The lowest BCUT2D eigenvalue weighted by atomic mass is 9.92. The summed E-state index contributed by atoms with van der Waals surface area (Å²) in [7, 11) is 0. The molecule has 106 valence electrons. The zero-order valence-electron chi connectivity index (χ0n) is 11.1. The second-order valence-electron chi connectivity index (χ2n) is 5.10. The van der Waals surface area contributed by atoms with E-state index in [0.29, 0.717) is 17.8 Å². The van der Waals surface area contributed by atoms with E-state index >= 15 is 0 Å². The molecule has 1 heterocycles. The van der Waals surface area contributed by atoms with Crippen LogP contribution in [0.1, 0.15) is 29.0 Å². The first-order chi connectivity index (χ1) is 9.78. The van der Waals surface area contributed by atoms with Gasteiger partial charge in [0, 0.05) is 30.1 Å². The van der Waals surface area contributed by atoms with Crippen LogP contribution in [0.25, 0.3) is 0 Å². The first-order valence-electron chi connectivity index (χ1n) is 6.82. The van der Waals surface area contributed by atoms with Crippen LogP contribution in [-0.4, -0.2) is 16.3 Å². The molecular weight excluding hydrogens is 259 g/mol. The zero-order valence-corrected chi connectivity index (χ0v) is 11.1. The minimum absolute atomic E-state index is 0.0983. The summed E-state index contributed by atoms with van der Waals surface area (Å²) in [6, 6.07) is 7.04. The van der Waals surface area contributed by atoms with Gasteiger partial charge in [-0.3, -0.25) is 0 Å². The Hall–Kier alpha value is -1.72. The Balaban J connectivity index is 1.64. The third kappa shape index (κ3) is 2.59. The lowest BCUT2D eigenvalue weighted by Gasteiger charge is -2.22. The van der Waals surface area contributed by atoms with E-state index in [1.54, 1.807) is 12.1 Å². The molecule has 0 fully saturated rings. The molecule has 0 spiro atoms. The lowest BCUT2D eigenvalue weighted by molar-refractivity contribution is 0.265. The fourth-order valence-corrected chi connectivity index (χ4v) is 2.66. The molecule has 1 unspecified atom stereocenters. The van der Waals surface area contributed by atoms with Crippen molar-refractivity contribution in [1.82, 2.24) is 10.5 Å². The summed E-state index contributed by atoms with van der Waals surface area (Å²) >= 11 is 0. The summed E-state index contributed by atoms with van der Waals surface area (Å²) in [6.07, 6.45) is 2.50. The Morgan fingerprint density at radius 1 is 1.40 bits per heavy atom. The quantitative estimate of drug-likeness (QED) is 0.896. The highest BCUT2D eigenvalue weighted by Crippen LogP contribution is 2.24. The summed E-state index contributed by atoms with van der Waals surface area (Å²) in [4.78, 5) is 0. The number of aromatic nitrogens is 1.